The summed E-state index contributed by atoms with van der Waals surface area (Å²) >= 11 is 7.98. The monoisotopic (exact) mass is 386 g/mol. The van der Waals surface area contributed by atoms with Gasteiger partial charge in [-0.25, -0.2) is 9.97 Å². The predicted molar refractivity (Wildman–Crippen MR) is 107 cm³/mol. The Kier molecular flexibility index (Phi) is 5.69. The van der Waals surface area contributed by atoms with Crippen molar-refractivity contribution in [1.29, 1.82) is 0 Å². The molecule has 0 radical (unpaired) electrons. The van der Waals surface area contributed by atoms with Crippen molar-refractivity contribution in [2.45, 2.75) is 27.2 Å². The highest BCUT2D eigenvalue weighted by Gasteiger charge is 2.11. The number of aromatic nitrogens is 2. The summed E-state index contributed by atoms with van der Waals surface area (Å²) < 4.78 is 6.74. The predicted octanol–water partition coefficient (Wildman–Crippen LogP) is 6.07. The molecule has 0 aliphatic rings. The SMILES string of the molecule is CC(=O)C[C@@H](C)/C=C/c1ccc(Oc2ccc3nc(C)sc3c2Cl)nc1. The number of carbonyl (C=O) groups excluding carboxylic acids is 1. The number of thiazole rings is 1. The van der Waals surface area contributed by atoms with E-state index < -0.39 is 0 Å². The molecule has 3 aromatic rings. The van der Waals surface area contributed by atoms with Gasteiger partial charge < -0.3 is 9.53 Å². The number of hydrogen-bond donors (Lipinski definition) is 0. The summed E-state index contributed by atoms with van der Waals surface area (Å²) in [7, 11) is 0. The zero-order valence-electron chi connectivity index (χ0n) is 14.8. The van der Waals surface area contributed by atoms with E-state index >= 15 is 0 Å². The molecule has 2 aromatic heterocycles. The van der Waals surface area contributed by atoms with Gasteiger partial charge in [0.2, 0.25) is 5.88 Å². The van der Waals surface area contributed by atoms with Crippen molar-refractivity contribution in [3.63, 3.8) is 0 Å². The van der Waals surface area contributed by atoms with Crippen molar-refractivity contribution in [1.82, 2.24) is 9.97 Å². The molecule has 0 unspecified atom stereocenters. The van der Waals surface area contributed by atoms with Crippen LogP contribution in [0.25, 0.3) is 16.3 Å². The number of allylic oxidation sites excluding steroid dienone is 1. The van der Waals surface area contributed by atoms with E-state index in [9.17, 15) is 4.79 Å². The molecule has 0 bridgehead atoms. The first-order valence-electron chi connectivity index (χ1n) is 8.29. The fourth-order valence-electron chi connectivity index (χ4n) is 2.59. The van der Waals surface area contributed by atoms with Gasteiger partial charge in [0.1, 0.15) is 16.6 Å². The van der Waals surface area contributed by atoms with Gasteiger partial charge in [-0.1, -0.05) is 30.7 Å². The molecule has 0 amide bonds. The number of carbonyl (C=O) groups is 1. The van der Waals surface area contributed by atoms with Crippen LogP contribution in [0, 0.1) is 12.8 Å². The molecule has 0 aliphatic heterocycles. The highest BCUT2D eigenvalue weighted by molar-refractivity contribution is 7.19. The van der Waals surface area contributed by atoms with E-state index in [4.69, 9.17) is 16.3 Å². The second-order valence-corrected chi connectivity index (χ2v) is 7.81. The van der Waals surface area contributed by atoms with Crippen LogP contribution in [0.15, 0.2) is 36.5 Å². The van der Waals surface area contributed by atoms with Crippen molar-refractivity contribution in [2.24, 2.45) is 5.92 Å². The number of aryl methyl sites for hydroxylation is 1. The summed E-state index contributed by atoms with van der Waals surface area (Å²) in [6.07, 6.45) is 6.25. The maximum absolute atomic E-state index is 11.1. The van der Waals surface area contributed by atoms with Crippen molar-refractivity contribution < 1.29 is 9.53 Å². The minimum Gasteiger partial charge on any atom is -0.437 e. The maximum Gasteiger partial charge on any atom is 0.219 e. The summed E-state index contributed by atoms with van der Waals surface area (Å²) in [4.78, 5) is 19.9. The molecule has 6 heteroatoms. The molecule has 3 rings (SSSR count). The number of nitrogens with zero attached hydrogens (tertiary/aromatic N) is 2. The normalized spacial score (nSPS) is 12.6. The number of pyridine rings is 1. The minimum atomic E-state index is 0.189. The van der Waals surface area contributed by atoms with Crippen molar-refractivity contribution in [3.05, 3.63) is 52.1 Å². The van der Waals surface area contributed by atoms with E-state index in [-0.39, 0.29) is 11.7 Å². The van der Waals surface area contributed by atoms with Gasteiger partial charge in [-0.15, -0.1) is 11.3 Å². The average Bonchev–Trinajstić information content (AvgIpc) is 2.97. The van der Waals surface area contributed by atoms with Gasteiger partial charge in [0.15, 0.2) is 0 Å². The highest BCUT2D eigenvalue weighted by atomic mass is 35.5. The van der Waals surface area contributed by atoms with Crippen molar-refractivity contribution in [2.75, 3.05) is 0 Å². The van der Waals surface area contributed by atoms with Crippen LogP contribution < -0.4 is 4.74 Å². The van der Waals surface area contributed by atoms with Crippen molar-refractivity contribution >= 4 is 45.0 Å². The lowest BCUT2D eigenvalue weighted by Crippen LogP contribution is -1.97. The van der Waals surface area contributed by atoms with Crippen LogP contribution in [-0.2, 0) is 4.79 Å². The fourth-order valence-corrected chi connectivity index (χ4v) is 3.75. The third-order valence-corrected chi connectivity index (χ3v) is 5.26. The molecular formula is C20H19ClN2O2S. The largest absolute Gasteiger partial charge is 0.437 e. The third kappa shape index (κ3) is 4.48. The van der Waals surface area contributed by atoms with Crippen molar-refractivity contribution in [3.8, 4) is 11.6 Å². The molecule has 0 saturated heterocycles. The van der Waals surface area contributed by atoms with Crippen LogP contribution in [-0.4, -0.2) is 15.8 Å². The summed E-state index contributed by atoms with van der Waals surface area (Å²) in [5.74, 6) is 1.43. The Morgan fingerprint density at radius 1 is 1.35 bits per heavy atom. The number of hydrogen-bond acceptors (Lipinski definition) is 5. The topological polar surface area (TPSA) is 52.1 Å². The zero-order valence-corrected chi connectivity index (χ0v) is 16.4. The van der Waals surface area contributed by atoms with Crippen LogP contribution in [0.4, 0.5) is 0 Å². The first kappa shape index (κ1) is 18.5. The lowest BCUT2D eigenvalue weighted by molar-refractivity contribution is -0.117. The van der Waals surface area contributed by atoms with E-state index in [1.54, 1.807) is 30.5 Å². The van der Waals surface area contributed by atoms with Gasteiger partial charge in [0.25, 0.3) is 0 Å². The van der Waals surface area contributed by atoms with E-state index in [2.05, 4.69) is 9.97 Å². The Bertz CT molecular complexity index is 964. The zero-order chi connectivity index (χ0) is 18.7. The van der Waals surface area contributed by atoms with Gasteiger partial charge >= 0.3 is 0 Å². The van der Waals surface area contributed by atoms with Crippen LogP contribution in [0.5, 0.6) is 11.6 Å². The van der Waals surface area contributed by atoms with E-state index in [0.29, 0.717) is 23.1 Å². The Labute approximate surface area is 161 Å². The number of fused-ring (bicyclic) bond motifs is 1. The molecule has 0 N–H and O–H groups in total. The Hall–Kier alpha value is -2.24. The number of ether oxygens (including phenoxy) is 1. The van der Waals surface area contributed by atoms with Crippen LogP contribution in [0.2, 0.25) is 5.02 Å². The lowest BCUT2D eigenvalue weighted by Gasteiger charge is -2.07. The van der Waals surface area contributed by atoms with E-state index in [0.717, 1.165) is 20.8 Å². The Balaban J connectivity index is 1.72. The number of rotatable bonds is 6. The molecule has 26 heavy (non-hydrogen) atoms. The van der Waals surface area contributed by atoms with Gasteiger partial charge in [-0.2, -0.15) is 0 Å². The van der Waals surface area contributed by atoms with Gasteiger partial charge in [0, 0.05) is 18.7 Å². The van der Waals surface area contributed by atoms with Gasteiger partial charge in [0.05, 0.1) is 15.2 Å². The molecular weight excluding hydrogens is 368 g/mol. The quantitative estimate of drug-likeness (QED) is 0.515. The molecule has 1 atom stereocenters. The molecule has 1 aromatic carbocycles. The second-order valence-electron chi connectivity index (χ2n) is 6.23. The maximum atomic E-state index is 11.1. The summed E-state index contributed by atoms with van der Waals surface area (Å²) in [5, 5.41) is 1.52. The Morgan fingerprint density at radius 3 is 2.85 bits per heavy atom. The minimum absolute atomic E-state index is 0.189. The van der Waals surface area contributed by atoms with E-state index in [1.807, 2.05) is 44.2 Å². The molecule has 2 heterocycles. The number of ketones is 1. The second kappa shape index (κ2) is 7.98. The van der Waals surface area contributed by atoms with Crippen LogP contribution in [0.3, 0.4) is 0 Å². The fraction of sp³-hybridized carbons (Fsp3) is 0.250. The highest BCUT2D eigenvalue weighted by Crippen LogP contribution is 2.37. The smallest absolute Gasteiger partial charge is 0.219 e. The molecule has 0 fully saturated rings. The summed E-state index contributed by atoms with van der Waals surface area (Å²) in [5.41, 5.74) is 1.82. The molecule has 0 saturated carbocycles. The molecule has 0 spiro atoms. The van der Waals surface area contributed by atoms with Gasteiger partial charge in [-0.05, 0) is 43.5 Å². The standard InChI is InChI=1S/C20H19ClN2O2S/c1-12(10-13(2)24)4-5-15-6-9-18(22-11-15)25-17-8-7-16-20(19(17)21)26-14(3)23-16/h4-9,11-12H,10H2,1-3H3/b5-4+/t12-/m0/s1. The third-order valence-electron chi connectivity index (χ3n) is 3.77. The van der Waals surface area contributed by atoms with E-state index in [1.165, 1.54) is 0 Å². The lowest BCUT2D eigenvalue weighted by atomic mass is 10.0. The first-order chi connectivity index (χ1) is 12.4. The molecule has 4 nitrogen and oxygen atoms in total. The number of benzene rings is 1. The first-order valence-corrected chi connectivity index (χ1v) is 9.49. The van der Waals surface area contributed by atoms with Crippen LogP contribution in [0.1, 0.15) is 30.8 Å². The molecule has 134 valence electrons. The molecule has 0 aliphatic carbocycles. The summed E-state index contributed by atoms with van der Waals surface area (Å²) in [6, 6.07) is 7.42. The van der Waals surface area contributed by atoms with Gasteiger partial charge in [-0.3, -0.25) is 0 Å². The summed E-state index contributed by atoms with van der Waals surface area (Å²) in [6.45, 7) is 5.57. The average molecular weight is 387 g/mol. The number of Topliss-reactive ketones (excluding diaryl/α,β-unsaturated/α-hetero) is 1. The van der Waals surface area contributed by atoms with Crippen LogP contribution >= 0.6 is 22.9 Å². The number of halogens is 1. The Morgan fingerprint density at radius 2 is 2.15 bits per heavy atom.